The summed E-state index contributed by atoms with van der Waals surface area (Å²) in [6, 6.07) is 61.0. The maximum atomic E-state index is 6.52. The minimum atomic E-state index is 0.792. The molecule has 0 saturated carbocycles. The summed E-state index contributed by atoms with van der Waals surface area (Å²) in [5.74, 6) is 0. The zero-order valence-electron chi connectivity index (χ0n) is 27.0. The van der Waals surface area contributed by atoms with E-state index in [1.54, 1.807) is 0 Å². The van der Waals surface area contributed by atoms with Crippen molar-refractivity contribution < 1.29 is 8.83 Å². The van der Waals surface area contributed by atoms with E-state index in [0.717, 1.165) is 55.0 Å². The summed E-state index contributed by atoms with van der Waals surface area (Å²) in [5, 5.41) is 11.8. The zero-order chi connectivity index (χ0) is 32.8. The molecule has 0 fully saturated rings. The fourth-order valence-corrected chi connectivity index (χ4v) is 8.21. The highest BCUT2D eigenvalue weighted by Gasteiger charge is 2.21. The van der Waals surface area contributed by atoms with E-state index in [1.165, 1.54) is 54.6 Å². The Kier molecular flexibility index (Phi) is 5.70. The van der Waals surface area contributed by atoms with Crippen molar-refractivity contribution in [1.82, 2.24) is 0 Å². The molecule has 50 heavy (non-hydrogen) atoms. The van der Waals surface area contributed by atoms with Crippen molar-refractivity contribution >= 4 is 76.2 Å². The van der Waals surface area contributed by atoms with Crippen molar-refractivity contribution in [3.8, 4) is 33.4 Å². The summed E-state index contributed by atoms with van der Waals surface area (Å²) >= 11 is 0. The molecule has 0 aliphatic heterocycles. The molecule has 0 atom stereocenters. The fraction of sp³-hybridized carbons (Fsp3) is 0. The second-order valence-electron chi connectivity index (χ2n) is 13.2. The second-order valence-corrected chi connectivity index (χ2v) is 13.2. The highest BCUT2D eigenvalue weighted by Crippen LogP contribution is 2.47. The molecule has 2 nitrogen and oxygen atoms in total. The topological polar surface area (TPSA) is 26.3 Å². The van der Waals surface area contributed by atoms with Crippen LogP contribution in [0.5, 0.6) is 0 Å². The van der Waals surface area contributed by atoms with E-state index in [4.69, 9.17) is 8.83 Å². The summed E-state index contributed by atoms with van der Waals surface area (Å²) < 4.78 is 12.9. The highest BCUT2D eigenvalue weighted by molar-refractivity contribution is 6.25. The monoisotopic (exact) mass is 636 g/mol. The highest BCUT2D eigenvalue weighted by atomic mass is 16.4. The quantitative estimate of drug-likeness (QED) is 0.180. The Morgan fingerprint density at radius 3 is 1.46 bits per heavy atom. The van der Waals surface area contributed by atoms with Crippen LogP contribution in [0.3, 0.4) is 0 Å². The standard InChI is InChI=1S/C48H28O2/c1-2-12-32-27-33(26-21-29(32)11-1)45-37-16-5-3-14-35(37)44(36-15-4-6-17-38(36)45)31-24-22-30(23-25-31)40-28-41-34-13-7-9-19-42(34)49-47(41)48-46(40)39-18-8-10-20-43(39)50-48/h1-28H. The Balaban J connectivity index is 1.14. The van der Waals surface area contributed by atoms with Crippen LogP contribution in [0.25, 0.3) is 110 Å². The number of rotatable bonds is 3. The average molecular weight is 637 g/mol. The molecule has 0 aliphatic carbocycles. The molecule has 0 unspecified atom stereocenters. The van der Waals surface area contributed by atoms with Crippen LogP contribution in [0, 0.1) is 0 Å². The first kappa shape index (κ1) is 27.3. The van der Waals surface area contributed by atoms with Gasteiger partial charge >= 0.3 is 0 Å². The average Bonchev–Trinajstić information content (AvgIpc) is 3.76. The van der Waals surface area contributed by atoms with Crippen LogP contribution >= 0.6 is 0 Å². The largest absolute Gasteiger partial charge is 0.452 e. The molecule has 2 heteroatoms. The number of benzene rings is 9. The third-order valence-corrected chi connectivity index (χ3v) is 10.4. The van der Waals surface area contributed by atoms with Gasteiger partial charge in [0.15, 0.2) is 11.2 Å². The smallest absolute Gasteiger partial charge is 0.179 e. The van der Waals surface area contributed by atoms with Gasteiger partial charge in [0.05, 0.1) is 0 Å². The Morgan fingerprint density at radius 1 is 0.300 bits per heavy atom. The maximum absolute atomic E-state index is 6.52. The number of hydrogen-bond acceptors (Lipinski definition) is 2. The molecule has 0 bridgehead atoms. The molecule has 2 heterocycles. The van der Waals surface area contributed by atoms with Gasteiger partial charge in [-0.3, -0.25) is 0 Å². The van der Waals surface area contributed by atoms with Crippen molar-refractivity contribution in [2.24, 2.45) is 0 Å². The summed E-state index contributed by atoms with van der Waals surface area (Å²) in [6.07, 6.45) is 0. The number of fused-ring (bicyclic) bond motifs is 10. The van der Waals surface area contributed by atoms with E-state index in [-0.39, 0.29) is 0 Å². The Labute approximate surface area is 287 Å². The van der Waals surface area contributed by atoms with Gasteiger partial charge in [-0.25, -0.2) is 0 Å². The van der Waals surface area contributed by atoms with E-state index in [9.17, 15) is 0 Å². The Bertz CT molecular complexity index is 3080. The SMILES string of the molecule is c1ccc2cc(-c3c4ccccc4c(-c4ccc(-c5cc6c7ccccc7oc6c6oc7ccccc7c56)cc4)c4ccccc34)ccc2c1. The molecule has 9 aromatic carbocycles. The molecule has 0 saturated heterocycles. The molecular weight excluding hydrogens is 609 g/mol. The lowest BCUT2D eigenvalue weighted by Crippen LogP contribution is -1.91. The van der Waals surface area contributed by atoms with E-state index in [0.29, 0.717) is 0 Å². The molecule has 0 N–H and O–H groups in total. The summed E-state index contributed by atoms with van der Waals surface area (Å²) in [5.41, 5.74) is 10.5. The predicted octanol–water partition coefficient (Wildman–Crippen LogP) is 13.9. The van der Waals surface area contributed by atoms with Gasteiger partial charge in [0.2, 0.25) is 0 Å². The Hall–Kier alpha value is -6.64. The lowest BCUT2D eigenvalue weighted by molar-refractivity contribution is 0.633. The van der Waals surface area contributed by atoms with E-state index in [1.807, 2.05) is 24.3 Å². The number of para-hydroxylation sites is 2. The minimum Gasteiger partial charge on any atom is -0.452 e. The first-order chi connectivity index (χ1) is 24.8. The van der Waals surface area contributed by atoms with Gasteiger partial charge in [0, 0.05) is 21.5 Å². The first-order valence-corrected chi connectivity index (χ1v) is 17.1. The summed E-state index contributed by atoms with van der Waals surface area (Å²) in [6.45, 7) is 0. The number of furan rings is 2. The first-order valence-electron chi connectivity index (χ1n) is 17.1. The van der Waals surface area contributed by atoms with E-state index >= 15 is 0 Å². The van der Waals surface area contributed by atoms with Gasteiger partial charge in [0.1, 0.15) is 11.2 Å². The third kappa shape index (κ3) is 3.90. The summed E-state index contributed by atoms with van der Waals surface area (Å²) in [7, 11) is 0. The molecule has 232 valence electrons. The predicted molar refractivity (Wildman–Crippen MR) is 210 cm³/mol. The van der Waals surface area contributed by atoms with Crippen molar-refractivity contribution in [3.63, 3.8) is 0 Å². The van der Waals surface area contributed by atoms with Gasteiger partial charge in [-0.1, -0.05) is 146 Å². The molecule has 11 aromatic rings. The minimum absolute atomic E-state index is 0.792. The normalized spacial score (nSPS) is 12.0. The molecule has 0 aliphatic rings. The maximum Gasteiger partial charge on any atom is 0.179 e. The fourth-order valence-electron chi connectivity index (χ4n) is 8.21. The molecule has 0 spiro atoms. The lowest BCUT2D eigenvalue weighted by atomic mass is 9.85. The van der Waals surface area contributed by atoms with Crippen LogP contribution in [-0.4, -0.2) is 0 Å². The van der Waals surface area contributed by atoms with Crippen molar-refractivity contribution in [2.45, 2.75) is 0 Å². The van der Waals surface area contributed by atoms with Crippen LogP contribution in [0.2, 0.25) is 0 Å². The molecule has 0 radical (unpaired) electrons. The van der Waals surface area contributed by atoms with Gasteiger partial charge < -0.3 is 8.83 Å². The van der Waals surface area contributed by atoms with Gasteiger partial charge in [-0.15, -0.1) is 0 Å². The van der Waals surface area contributed by atoms with Crippen LogP contribution in [-0.2, 0) is 0 Å². The molecular formula is C48H28O2. The Morgan fingerprint density at radius 2 is 0.780 bits per heavy atom. The van der Waals surface area contributed by atoms with Crippen molar-refractivity contribution in [1.29, 1.82) is 0 Å². The molecule has 2 aromatic heterocycles. The molecule has 11 rings (SSSR count). The summed E-state index contributed by atoms with van der Waals surface area (Å²) in [4.78, 5) is 0. The number of hydrogen-bond donors (Lipinski definition) is 0. The van der Waals surface area contributed by atoms with Crippen LogP contribution in [0.15, 0.2) is 179 Å². The van der Waals surface area contributed by atoms with Crippen LogP contribution in [0.4, 0.5) is 0 Å². The third-order valence-electron chi connectivity index (χ3n) is 10.4. The van der Waals surface area contributed by atoms with E-state index < -0.39 is 0 Å². The molecule has 0 amide bonds. The van der Waals surface area contributed by atoms with E-state index in [2.05, 4.69) is 146 Å². The second kappa shape index (κ2) is 10.4. The lowest BCUT2D eigenvalue weighted by Gasteiger charge is -2.18. The van der Waals surface area contributed by atoms with Crippen LogP contribution in [0.1, 0.15) is 0 Å². The zero-order valence-corrected chi connectivity index (χ0v) is 27.0. The van der Waals surface area contributed by atoms with Gasteiger partial charge in [-0.05, 0) is 90.0 Å². The van der Waals surface area contributed by atoms with Crippen LogP contribution < -0.4 is 0 Å². The van der Waals surface area contributed by atoms with Crippen molar-refractivity contribution in [3.05, 3.63) is 170 Å². The van der Waals surface area contributed by atoms with Crippen molar-refractivity contribution in [2.75, 3.05) is 0 Å². The van der Waals surface area contributed by atoms with Gasteiger partial charge in [0.25, 0.3) is 0 Å². The van der Waals surface area contributed by atoms with Gasteiger partial charge in [-0.2, -0.15) is 0 Å².